The molecule has 1 aromatic rings. The van der Waals surface area contributed by atoms with E-state index in [1.807, 2.05) is 19.3 Å². The van der Waals surface area contributed by atoms with Crippen LogP contribution in [0.4, 0.5) is 5.82 Å². The Labute approximate surface area is 103 Å². The monoisotopic (exact) mass is 235 g/mol. The summed E-state index contributed by atoms with van der Waals surface area (Å²) in [6.45, 7) is 1.81. The average molecular weight is 235 g/mol. The third-order valence-electron chi connectivity index (χ3n) is 3.34. The SMILES string of the molecule is CNCc1cccnc1N(C)CC1CC(O)C1. The molecule has 4 heteroatoms. The minimum absolute atomic E-state index is 0.0751. The van der Waals surface area contributed by atoms with Crippen molar-refractivity contribution in [3.05, 3.63) is 23.9 Å². The van der Waals surface area contributed by atoms with E-state index in [1.165, 1.54) is 5.56 Å². The van der Waals surface area contributed by atoms with Crippen molar-refractivity contribution in [3.8, 4) is 0 Å². The Kier molecular flexibility index (Phi) is 3.97. The Morgan fingerprint density at radius 1 is 1.53 bits per heavy atom. The first kappa shape index (κ1) is 12.3. The average Bonchev–Trinajstić information content (AvgIpc) is 2.28. The molecule has 4 nitrogen and oxygen atoms in total. The summed E-state index contributed by atoms with van der Waals surface area (Å²) in [6.07, 6.45) is 3.62. The van der Waals surface area contributed by atoms with Crippen LogP contribution >= 0.6 is 0 Å². The quantitative estimate of drug-likeness (QED) is 0.799. The van der Waals surface area contributed by atoms with Crippen LogP contribution in [0, 0.1) is 5.92 Å². The first-order chi connectivity index (χ1) is 8.20. The molecular formula is C13H21N3O. The fourth-order valence-electron chi connectivity index (χ4n) is 2.43. The summed E-state index contributed by atoms with van der Waals surface area (Å²) in [6, 6.07) is 4.07. The van der Waals surface area contributed by atoms with E-state index in [9.17, 15) is 5.11 Å². The van der Waals surface area contributed by atoms with Gasteiger partial charge in [-0.25, -0.2) is 4.98 Å². The van der Waals surface area contributed by atoms with E-state index in [0.717, 1.165) is 31.7 Å². The zero-order valence-corrected chi connectivity index (χ0v) is 10.6. The molecule has 2 N–H and O–H groups in total. The molecule has 0 bridgehead atoms. The third-order valence-corrected chi connectivity index (χ3v) is 3.34. The minimum atomic E-state index is -0.0751. The molecule has 0 saturated heterocycles. The van der Waals surface area contributed by atoms with Crippen molar-refractivity contribution < 1.29 is 5.11 Å². The first-order valence-corrected chi connectivity index (χ1v) is 6.18. The fraction of sp³-hybridized carbons (Fsp3) is 0.615. The van der Waals surface area contributed by atoms with Crippen LogP contribution < -0.4 is 10.2 Å². The van der Waals surface area contributed by atoms with Gasteiger partial charge in [0, 0.05) is 31.9 Å². The maximum Gasteiger partial charge on any atom is 0.132 e. The molecule has 1 heterocycles. The van der Waals surface area contributed by atoms with Gasteiger partial charge in [0.05, 0.1) is 6.10 Å². The van der Waals surface area contributed by atoms with Gasteiger partial charge in [0.25, 0.3) is 0 Å². The second kappa shape index (κ2) is 5.47. The standard InChI is InChI=1S/C13H21N3O/c1-14-8-11-4-3-5-15-13(11)16(2)9-10-6-12(17)7-10/h3-5,10,12,14,17H,6-9H2,1-2H3. The normalized spacial score (nSPS) is 23.2. The molecule has 17 heavy (non-hydrogen) atoms. The van der Waals surface area contributed by atoms with Crippen molar-refractivity contribution in [2.75, 3.05) is 25.5 Å². The molecule has 1 fully saturated rings. The molecule has 0 unspecified atom stereocenters. The summed E-state index contributed by atoms with van der Waals surface area (Å²) in [5.41, 5.74) is 1.22. The van der Waals surface area contributed by atoms with Gasteiger partial charge in [-0.2, -0.15) is 0 Å². The number of aliphatic hydroxyl groups excluding tert-OH is 1. The topological polar surface area (TPSA) is 48.4 Å². The zero-order valence-electron chi connectivity index (χ0n) is 10.6. The Morgan fingerprint density at radius 2 is 2.29 bits per heavy atom. The van der Waals surface area contributed by atoms with Gasteiger partial charge in [-0.05, 0) is 31.9 Å². The third kappa shape index (κ3) is 2.96. The summed E-state index contributed by atoms with van der Waals surface area (Å²) >= 11 is 0. The van der Waals surface area contributed by atoms with Crippen molar-refractivity contribution in [2.45, 2.75) is 25.5 Å². The summed E-state index contributed by atoms with van der Waals surface area (Å²) in [4.78, 5) is 6.65. The first-order valence-electron chi connectivity index (χ1n) is 6.18. The molecule has 0 amide bonds. The molecule has 0 aromatic carbocycles. The van der Waals surface area contributed by atoms with Crippen molar-refractivity contribution in [3.63, 3.8) is 0 Å². The molecule has 0 atom stereocenters. The van der Waals surface area contributed by atoms with Gasteiger partial charge in [-0.3, -0.25) is 0 Å². The van der Waals surface area contributed by atoms with Crippen molar-refractivity contribution in [1.82, 2.24) is 10.3 Å². The van der Waals surface area contributed by atoms with E-state index in [4.69, 9.17) is 0 Å². The van der Waals surface area contributed by atoms with E-state index >= 15 is 0 Å². The summed E-state index contributed by atoms with van der Waals surface area (Å²) in [7, 11) is 4.02. The van der Waals surface area contributed by atoms with Crippen LogP contribution in [0.5, 0.6) is 0 Å². The molecule has 0 aliphatic heterocycles. The lowest BCUT2D eigenvalue weighted by molar-refractivity contribution is 0.0464. The maximum absolute atomic E-state index is 9.30. The van der Waals surface area contributed by atoms with E-state index in [-0.39, 0.29) is 6.10 Å². The number of nitrogens with zero attached hydrogens (tertiary/aromatic N) is 2. The van der Waals surface area contributed by atoms with Crippen LogP contribution in [-0.4, -0.2) is 36.8 Å². The highest BCUT2D eigenvalue weighted by molar-refractivity contribution is 5.46. The number of aromatic nitrogens is 1. The lowest BCUT2D eigenvalue weighted by Gasteiger charge is -2.35. The Balaban J connectivity index is 1.99. The van der Waals surface area contributed by atoms with Crippen LogP contribution in [0.3, 0.4) is 0 Å². The fourth-order valence-corrected chi connectivity index (χ4v) is 2.43. The Bertz CT molecular complexity index is 363. The number of aliphatic hydroxyl groups is 1. The van der Waals surface area contributed by atoms with E-state index < -0.39 is 0 Å². The summed E-state index contributed by atoms with van der Waals surface area (Å²) in [5, 5.41) is 12.5. The number of pyridine rings is 1. The van der Waals surface area contributed by atoms with Crippen molar-refractivity contribution >= 4 is 5.82 Å². The van der Waals surface area contributed by atoms with E-state index in [2.05, 4.69) is 28.3 Å². The van der Waals surface area contributed by atoms with Crippen LogP contribution in [0.25, 0.3) is 0 Å². The van der Waals surface area contributed by atoms with Gasteiger partial charge < -0.3 is 15.3 Å². The van der Waals surface area contributed by atoms with E-state index in [1.54, 1.807) is 0 Å². The Hall–Kier alpha value is -1.13. The molecule has 2 rings (SSSR count). The molecule has 1 saturated carbocycles. The number of hydrogen-bond acceptors (Lipinski definition) is 4. The predicted molar refractivity (Wildman–Crippen MR) is 69.0 cm³/mol. The number of anilines is 1. The predicted octanol–water partition coefficient (Wildman–Crippen LogP) is 1.01. The minimum Gasteiger partial charge on any atom is -0.393 e. The van der Waals surface area contributed by atoms with Crippen LogP contribution in [0.15, 0.2) is 18.3 Å². The van der Waals surface area contributed by atoms with Crippen LogP contribution in [0.1, 0.15) is 18.4 Å². The maximum atomic E-state index is 9.30. The second-order valence-corrected chi connectivity index (χ2v) is 4.89. The highest BCUT2D eigenvalue weighted by atomic mass is 16.3. The summed E-state index contributed by atoms with van der Waals surface area (Å²) < 4.78 is 0. The molecule has 0 spiro atoms. The van der Waals surface area contributed by atoms with Crippen LogP contribution in [0.2, 0.25) is 0 Å². The van der Waals surface area contributed by atoms with Crippen molar-refractivity contribution in [2.24, 2.45) is 5.92 Å². The number of nitrogens with one attached hydrogen (secondary N) is 1. The largest absolute Gasteiger partial charge is 0.393 e. The van der Waals surface area contributed by atoms with Crippen molar-refractivity contribution in [1.29, 1.82) is 0 Å². The lowest BCUT2D eigenvalue weighted by atomic mass is 9.82. The molecule has 1 aliphatic carbocycles. The summed E-state index contributed by atoms with van der Waals surface area (Å²) in [5.74, 6) is 1.66. The smallest absolute Gasteiger partial charge is 0.132 e. The Morgan fingerprint density at radius 3 is 2.94 bits per heavy atom. The molecule has 0 radical (unpaired) electrons. The van der Waals surface area contributed by atoms with Gasteiger partial charge in [-0.15, -0.1) is 0 Å². The zero-order chi connectivity index (χ0) is 12.3. The van der Waals surface area contributed by atoms with Crippen LogP contribution in [-0.2, 0) is 6.54 Å². The van der Waals surface area contributed by atoms with Gasteiger partial charge in [-0.1, -0.05) is 6.07 Å². The highest BCUT2D eigenvalue weighted by Crippen LogP contribution is 2.29. The van der Waals surface area contributed by atoms with E-state index in [0.29, 0.717) is 5.92 Å². The van der Waals surface area contributed by atoms with Gasteiger partial charge >= 0.3 is 0 Å². The second-order valence-electron chi connectivity index (χ2n) is 4.89. The molecule has 94 valence electrons. The van der Waals surface area contributed by atoms with Gasteiger partial charge in [0.1, 0.15) is 5.82 Å². The molecule has 1 aromatic heterocycles. The number of hydrogen-bond donors (Lipinski definition) is 2. The molecular weight excluding hydrogens is 214 g/mol. The lowest BCUT2D eigenvalue weighted by Crippen LogP contribution is -2.37. The number of rotatable bonds is 5. The van der Waals surface area contributed by atoms with Gasteiger partial charge in [0.15, 0.2) is 0 Å². The highest BCUT2D eigenvalue weighted by Gasteiger charge is 2.28. The van der Waals surface area contributed by atoms with Gasteiger partial charge in [0.2, 0.25) is 0 Å². The molecule has 1 aliphatic rings.